The number of nitrogens with zero attached hydrogens (tertiary/aromatic N) is 2. The summed E-state index contributed by atoms with van der Waals surface area (Å²) in [5.41, 5.74) is 5.27. The molecule has 1 amide bonds. The monoisotopic (exact) mass is 484 g/mol. The van der Waals surface area contributed by atoms with Gasteiger partial charge in [-0.05, 0) is 36.8 Å². The van der Waals surface area contributed by atoms with Crippen LogP contribution in [0.3, 0.4) is 0 Å². The summed E-state index contributed by atoms with van der Waals surface area (Å²) >= 11 is 6.88. The normalized spacial score (nSPS) is 16.3. The highest BCUT2D eigenvalue weighted by Crippen LogP contribution is 2.41. The fourth-order valence-electron chi connectivity index (χ4n) is 4.27. The maximum Gasteiger partial charge on any atom is 0.270 e. The van der Waals surface area contributed by atoms with Gasteiger partial charge in [-0.1, -0.05) is 72.0 Å². The molecule has 34 heavy (non-hydrogen) atoms. The van der Waals surface area contributed by atoms with Gasteiger partial charge >= 0.3 is 0 Å². The molecule has 5 nitrogen and oxygen atoms in total. The lowest BCUT2D eigenvalue weighted by Gasteiger charge is -2.14. The molecule has 0 bridgehead atoms. The van der Waals surface area contributed by atoms with Gasteiger partial charge in [-0.3, -0.25) is 9.69 Å². The zero-order valence-electron chi connectivity index (χ0n) is 18.4. The molecule has 0 N–H and O–H groups in total. The zero-order valence-corrected chi connectivity index (χ0v) is 20.0. The zero-order chi connectivity index (χ0) is 23.2. The largest absolute Gasteiger partial charge is 0.454 e. The summed E-state index contributed by atoms with van der Waals surface area (Å²) in [5, 5.41) is 1.10. The van der Waals surface area contributed by atoms with Crippen molar-refractivity contribution in [3.8, 4) is 11.5 Å². The maximum atomic E-state index is 13.4. The van der Waals surface area contributed by atoms with Crippen LogP contribution in [0, 0.1) is 6.92 Å². The van der Waals surface area contributed by atoms with Crippen LogP contribution in [-0.4, -0.2) is 21.6 Å². The molecule has 0 aliphatic carbocycles. The van der Waals surface area contributed by atoms with E-state index in [-0.39, 0.29) is 12.7 Å². The molecule has 7 heteroatoms. The second-order valence-electron chi connectivity index (χ2n) is 8.27. The molecule has 0 unspecified atom stereocenters. The number of amides is 1. The molecule has 1 aromatic heterocycles. The molecule has 1 fully saturated rings. The first-order chi connectivity index (χ1) is 16.6. The number of hydrogen-bond donors (Lipinski definition) is 0. The number of ether oxygens (including phenoxy) is 2. The second-order valence-corrected chi connectivity index (χ2v) is 9.95. The van der Waals surface area contributed by atoms with Crippen molar-refractivity contribution in [2.75, 3.05) is 11.7 Å². The molecule has 0 radical (unpaired) electrons. The molecule has 3 aromatic carbocycles. The van der Waals surface area contributed by atoms with E-state index in [0.29, 0.717) is 26.4 Å². The van der Waals surface area contributed by atoms with Crippen molar-refractivity contribution in [3.63, 3.8) is 0 Å². The predicted octanol–water partition coefficient (Wildman–Crippen LogP) is 6.13. The quantitative estimate of drug-likeness (QED) is 0.257. The molecule has 2 aliphatic heterocycles. The third-order valence-electron chi connectivity index (χ3n) is 5.99. The van der Waals surface area contributed by atoms with Gasteiger partial charge in [0.05, 0.1) is 10.6 Å². The molecule has 0 saturated carbocycles. The summed E-state index contributed by atoms with van der Waals surface area (Å²) in [4.78, 5) is 15.5. The fraction of sp³-hybridized carbons (Fsp3) is 0.111. The van der Waals surface area contributed by atoms with Crippen LogP contribution in [0.4, 0.5) is 5.69 Å². The number of rotatable bonds is 4. The average molecular weight is 485 g/mol. The van der Waals surface area contributed by atoms with E-state index in [1.807, 2.05) is 24.3 Å². The highest BCUT2D eigenvalue weighted by molar-refractivity contribution is 8.27. The lowest BCUT2D eigenvalue weighted by molar-refractivity contribution is -0.113. The van der Waals surface area contributed by atoms with Gasteiger partial charge in [0.2, 0.25) is 6.79 Å². The Labute approximate surface area is 206 Å². The summed E-state index contributed by atoms with van der Waals surface area (Å²) < 4.78 is 13.6. The lowest BCUT2D eigenvalue weighted by Crippen LogP contribution is -2.27. The molecule has 168 valence electrons. The molecule has 1 saturated heterocycles. The van der Waals surface area contributed by atoms with Crippen molar-refractivity contribution in [3.05, 3.63) is 94.5 Å². The summed E-state index contributed by atoms with van der Waals surface area (Å²) in [7, 11) is 0. The van der Waals surface area contributed by atoms with Crippen LogP contribution in [0.5, 0.6) is 11.5 Å². The highest BCUT2D eigenvalue weighted by atomic mass is 32.2. The van der Waals surface area contributed by atoms with E-state index in [4.69, 9.17) is 21.7 Å². The summed E-state index contributed by atoms with van der Waals surface area (Å²) in [5.74, 6) is 1.16. The number of thiocarbonyl (C=S) groups is 1. The Bertz CT molecular complexity index is 1490. The van der Waals surface area contributed by atoms with Gasteiger partial charge in [-0.25, -0.2) is 0 Å². The van der Waals surface area contributed by atoms with Gasteiger partial charge in [-0.15, -0.1) is 0 Å². The first-order valence-corrected chi connectivity index (χ1v) is 12.1. The van der Waals surface area contributed by atoms with Gasteiger partial charge in [0, 0.05) is 35.3 Å². The Morgan fingerprint density at radius 2 is 1.82 bits per heavy atom. The third kappa shape index (κ3) is 3.67. The van der Waals surface area contributed by atoms with Crippen LogP contribution in [0.15, 0.2) is 77.8 Å². The SMILES string of the molecule is Cc1ccc(Cn2cc(/C=C3\SC(=S)N(c4ccc5c(c4)OCO5)C3=O)c3ccccc32)cc1. The number of aromatic nitrogens is 1. The standard InChI is InChI=1S/C27H20N2O3S2/c1-17-6-8-18(9-7-17)14-28-15-19(21-4-2-3-5-22(21)28)12-25-26(30)29(27(33)34-25)20-10-11-23-24(13-20)32-16-31-23/h2-13,15H,14,16H2,1H3/b25-12-. The van der Waals surface area contributed by atoms with Gasteiger partial charge < -0.3 is 14.0 Å². The predicted molar refractivity (Wildman–Crippen MR) is 140 cm³/mol. The number of thioether (sulfide) groups is 1. The van der Waals surface area contributed by atoms with Gasteiger partial charge in [0.25, 0.3) is 5.91 Å². The van der Waals surface area contributed by atoms with Crippen LogP contribution >= 0.6 is 24.0 Å². The van der Waals surface area contributed by atoms with E-state index >= 15 is 0 Å². The van der Waals surface area contributed by atoms with E-state index in [0.717, 1.165) is 23.0 Å². The van der Waals surface area contributed by atoms with Crippen molar-refractivity contribution in [1.29, 1.82) is 0 Å². The van der Waals surface area contributed by atoms with Crippen LogP contribution in [0.25, 0.3) is 17.0 Å². The Morgan fingerprint density at radius 3 is 2.68 bits per heavy atom. The number of anilines is 1. The van der Waals surface area contributed by atoms with E-state index < -0.39 is 0 Å². The molecule has 0 spiro atoms. The molecule has 3 heterocycles. The van der Waals surface area contributed by atoms with Crippen molar-refractivity contribution >= 4 is 56.9 Å². The molecular formula is C27H20N2O3S2. The van der Waals surface area contributed by atoms with Crippen LogP contribution in [-0.2, 0) is 11.3 Å². The molecule has 0 atom stereocenters. The number of fused-ring (bicyclic) bond motifs is 2. The first-order valence-electron chi connectivity index (χ1n) is 10.9. The highest BCUT2D eigenvalue weighted by Gasteiger charge is 2.34. The maximum absolute atomic E-state index is 13.4. The summed E-state index contributed by atoms with van der Waals surface area (Å²) in [6.07, 6.45) is 4.05. The Balaban J connectivity index is 1.35. The lowest BCUT2D eigenvalue weighted by atomic mass is 10.1. The van der Waals surface area contributed by atoms with Crippen LogP contribution < -0.4 is 14.4 Å². The summed E-state index contributed by atoms with van der Waals surface area (Å²) in [6, 6.07) is 22.2. The topological polar surface area (TPSA) is 43.7 Å². The van der Waals surface area contributed by atoms with Crippen LogP contribution in [0.1, 0.15) is 16.7 Å². The smallest absolute Gasteiger partial charge is 0.270 e. The van der Waals surface area contributed by atoms with E-state index in [9.17, 15) is 4.79 Å². The van der Waals surface area contributed by atoms with Crippen molar-refractivity contribution in [2.24, 2.45) is 0 Å². The van der Waals surface area contributed by atoms with E-state index in [1.54, 1.807) is 17.0 Å². The van der Waals surface area contributed by atoms with E-state index in [2.05, 4.69) is 54.1 Å². The molecule has 6 rings (SSSR count). The van der Waals surface area contributed by atoms with Crippen molar-refractivity contribution in [1.82, 2.24) is 4.57 Å². The fourth-order valence-corrected chi connectivity index (χ4v) is 5.56. The molecule has 2 aliphatic rings. The number of carbonyl (C=O) groups excluding carboxylic acids is 1. The van der Waals surface area contributed by atoms with Gasteiger partial charge in [-0.2, -0.15) is 0 Å². The Morgan fingerprint density at radius 1 is 1.03 bits per heavy atom. The minimum atomic E-state index is -0.135. The Kier molecular flexibility index (Phi) is 5.16. The third-order valence-corrected chi connectivity index (χ3v) is 7.29. The van der Waals surface area contributed by atoms with Crippen molar-refractivity contribution in [2.45, 2.75) is 13.5 Å². The second kappa shape index (κ2) is 8.34. The van der Waals surface area contributed by atoms with Gasteiger partial charge in [0.15, 0.2) is 15.8 Å². The number of benzene rings is 3. The first kappa shape index (κ1) is 21.0. The molecular weight excluding hydrogens is 464 g/mol. The van der Waals surface area contributed by atoms with Gasteiger partial charge in [0.1, 0.15) is 0 Å². The number of carbonyl (C=O) groups is 1. The van der Waals surface area contributed by atoms with Crippen molar-refractivity contribution < 1.29 is 14.3 Å². The van der Waals surface area contributed by atoms with Crippen LogP contribution in [0.2, 0.25) is 0 Å². The molecule has 4 aromatic rings. The number of hydrogen-bond acceptors (Lipinski definition) is 5. The average Bonchev–Trinajstić information content (AvgIpc) is 3.52. The number of aryl methyl sites for hydroxylation is 1. The summed E-state index contributed by atoms with van der Waals surface area (Å²) in [6.45, 7) is 3.03. The number of para-hydroxylation sites is 1. The minimum Gasteiger partial charge on any atom is -0.454 e. The minimum absolute atomic E-state index is 0.135. The Hall–Kier alpha value is -3.55. The van der Waals surface area contributed by atoms with E-state index in [1.165, 1.54) is 22.9 Å².